The van der Waals surface area contributed by atoms with E-state index in [4.69, 9.17) is 0 Å². The number of aromatic nitrogens is 2. The topological polar surface area (TPSA) is 17.3 Å². The van der Waals surface area contributed by atoms with E-state index in [2.05, 4.69) is 85.8 Å². The van der Waals surface area contributed by atoms with Crippen molar-refractivity contribution in [2.45, 2.75) is 27.7 Å². The van der Waals surface area contributed by atoms with Crippen LogP contribution in [-0.4, -0.2) is 9.38 Å². The van der Waals surface area contributed by atoms with Gasteiger partial charge in [-0.05, 0) is 56.5 Å². The third-order valence-corrected chi connectivity index (χ3v) is 4.13. The first-order valence-corrected chi connectivity index (χ1v) is 7.26. The van der Waals surface area contributed by atoms with E-state index in [-0.39, 0.29) is 0 Å². The van der Waals surface area contributed by atoms with Crippen LogP contribution in [0.25, 0.3) is 17.8 Å². The van der Waals surface area contributed by atoms with Crippen molar-refractivity contribution in [3.05, 3.63) is 70.2 Å². The molecule has 0 aliphatic carbocycles. The molecule has 21 heavy (non-hydrogen) atoms. The molecule has 0 saturated carbocycles. The smallest absolute Gasteiger partial charge is 0.144 e. The molecule has 0 fully saturated rings. The molecule has 0 atom stereocenters. The second-order valence-corrected chi connectivity index (χ2v) is 5.58. The average molecular weight is 276 g/mol. The molecule has 0 radical (unpaired) electrons. The Kier molecular flexibility index (Phi) is 3.38. The quantitative estimate of drug-likeness (QED) is 0.661. The zero-order valence-electron chi connectivity index (χ0n) is 13.0. The van der Waals surface area contributed by atoms with Crippen LogP contribution in [0.4, 0.5) is 0 Å². The van der Waals surface area contributed by atoms with Gasteiger partial charge in [0.1, 0.15) is 5.65 Å². The Morgan fingerprint density at radius 3 is 2.33 bits per heavy atom. The molecule has 0 aliphatic rings. The number of imidazole rings is 1. The molecule has 0 spiro atoms. The van der Waals surface area contributed by atoms with Gasteiger partial charge in [-0.15, -0.1) is 0 Å². The lowest BCUT2D eigenvalue weighted by atomic mass is 10.0. The fourth-order valence-corrected chi connectivity index (χ4v) is 2.71. The van der Waals surface area contributed by atoms with E-state index in [1.807, 2.05) is 0 Å². The zero-order valence-corrected chi connectivity index (χ0v) is 13.0. The summed E-state index contributed by atoms with van der Waals surface area (Å²) in [7, 11) is 0. The summed E-state index contributed by atoms with van der Waals surface area (Å²) in [5.41, 5.74) is 8.35. The number of hydrogen-bond donors (Lipinski definition) is 0. The summed E-state index contributed by atoms with van der Waals surface area (Å²) in [6, 6.07) is 10.6. The molecule has 106 valence electrons. The van der Waals surface area contributed by atoms with Crippen molar-refractivity contribution in [3.63, 3.8) is 0 Å². The van der Waals surface area contributed by atoms with Gasteiger partial charge in [0.2, 0.25) is 0 Å². The highest BCUT2D eigenvalue weighted by Gasteiger charge is 2.06. The van der Waals surface area contributed by atoms with E-state index in [9.17, 15) is 0 Å². The first-order valence-electron chi connectivity index (χ1n) is 7.26. The standard InChI is InChI=1S/C19H20N2/c1-13-7-5-8-14(2)18(13)11-10-17-9-6-12-21-16(4)15(3)20-19(17)21/h5-12H,1-4H3/b11-10+. The van der Waals surface area contributed by atoms with Crippen molar-refractivity contribution < 1.29 is 0 Å². The third-order valence-electron chi connectivity index (χ3n) is 4.13. The summed E-state index contributed by atoms with van der Waals surface area (Å²) in [5.74, 6) is 0. The molecule has 3 aromatic rings. The molecular weight excluding hydrogens is 256 g/mol. The zero-order chi connectivity index (χ0) is 15.0. The van der Waals surface area contributed by atoms with Gasteiger partial charge >= 0.3 is 0 Å². The normalized spacial score (nSPS) is 11.6. The first-order chi connectivity index (χ1) is 10.1. The van der Waals surface area contributed by atoms with Crippen LogP contribution in [0.3, 0.4) is 0 Å². The second kappa shape index (κ2) is 5.21. The van der Waals surface area contributed by atoms with Crippen LogP contribution in [-0.2, 0) is 0 Å². The molecule has 2 heteroatoms. The lowest BCUT2D eigenvalue weighted by Crippen LogP contribution is -1.89. The van der Waals surface area contributed by atoms with Gasteiger partial charge < -0.3 is 4.40 Å². The fourth-order valence-electron chi connectivity index (χ4n) is 2.71. The lowest BCUT2D eigenvalue weighted by molar-refractivity contribution is 1.09. The molecule has 0 N–H and O–H groups in total. The van der Waals surface area contributed by atoms with Gasteiger partial charge in [0.05, 0.1) is 5.69 Å². The van der Waals surface area contributed by atoms with Gasteiger partial charge in [-0.3, -0.25) is 0 Å². The molecule has 2 heterocycles. The molecular formula is C19H20N2. The molecule has 3 rings (SSSR count). The minimum absolute atomic E-state index is 1.02. The summed E-state index contributed by atoms with van der Waals surface area (Å²) < 4.78 is 2.15. The minimum Gasteiger partial charge on any atom is -0.304 e. The van der Waals surface area contributed by atoms with Gasteiger partial charge in [-0.1, -0.05) is 30.4 Å². The maximum Gasteiger partial charge on any atom is 0.144 e. The number of hydrogen-bond acceptors (Lipinski definition) is 1. The highest BCUT2D eigenvalue weighted by molar-refractivity contribution is 5.78. The predicted octanol–water partition coefficient (Wildman–Crippen LogP) is 4.74. The van der Waals surface area contributed by atoms with Crippen LogP contribution in [0.2, 0.25) is 0 Å². The van der Waals surface area contributed by atoms with Crippen molar-refractivity contribution in [2.75, 3.05) is 0 Å². The van der Waals surface area contributed by atoms with E-state index in [1.54, 1.807) is 0 Å². The van der Waals surface area contributed by atoms with Crippen molar-refractivity contribution in [1.29, 1.82) is 0 Å². The van der Waals surface area contributed by atoms with E-state index in [0.29, 0.717) is 0 Å². The number of pyridine rings is 1. The Bertz CT molecular complexity index is 818. The maximum absolute atomic E-state index is 4.68. The van der Waals surface area contributed by atoms with Crippen molar-refractivity contribution in [2.24, 2.45) is 0 Å². The SMILES string of the molecule is Cc1cccc(C)c1/C=C/c1cccn2c(C)c(C)nc12. The van der Waals surface area contributed by atoms with Gasteiger partial charge in [0.25, 0.3) is 0 Å². The molecule has 0 bridgehead atoms. The van der Waals surface area contributed by atoms with Gasteiger partial charge in [0.15, 0.2) is 0 Å². The van der Waals surface area contributed by atoms with Crippen LogP contribution in [0.1, 0.15) is 33.6 Å². The van der Waals surface area contributed by atoms with E-state index >= 15 is 0 Å². The van der Waals surface area contributed by atoms with Crippen molar-refractivity contribution in [3.8, 4) is 0 Å². The molecule has 0 unspecified atom stereocenters. The summed E-state index contributed by atoms with van der Waals surface area (Å²) in [6.07, 6.45) is 6.43. The van der Waals surface area contributed by atoms with Crippen molar-refractivity contribution in [1.82, 2.24) is 9.38 Å². The maximum atomic E-state index is 4.68. The highest BCUT2D eigenvalue weighted by Crippen LogP contribution is 2.20. The fraction of sp³-hybridized carbons (Fsp3) is 0.211. The lowest BCUT2D eigenvalue weighted by Gasteiger charge is -2.05. The van der Waals surface area contributed by atoms with Gasteiger partial charge in [0, 0.05) is 17.5 Å². The van der Waals surface area contributed by atoms with Gasteiger partial charge in [-0.2, -0.15) is 0 Å². The van der Waals surface area contributed by atoms with Crippen LogP contribution in [0.15, 0.2) is 36.5 Å². The predicted molar refractivity (Wildman–Crippen MR) is 89.5 cm³/mol. The molecule has 2 nitrogen and oxygen atoms in total. The van der Waals surface area contributed by atoms with Crippen LogP contribution >= 0.6 is 0 Å². The largest absolute Gasteiger partial charge is 0.304 e. The second-order valence-electron chi connectivity index (χ2n) is 5.58. The molecule has 0 saturated heterocycles. The Hall–Kier alpha value is -2.35. The van der Waals surface area contributed by atoms with E-state index < -0.39 is 0 Å². The summed E-state index contributed by atoms with van der Waals surface area (Å²) >= 11 is 0. The Balaban J connectivity index is 2.10. The monoisotopic (exact) mass is 276 g/mol. The average Bonchev–Trinajstić information content (AvgIpc) is 2.75. The van der Waals surface area contributed by atoms with Crippen LogP contribution in [0, 0.1) is 27.7 Å². The number of rotatable bonds is 2. The third kappa shape index (κ3) is 2.38. The summed E-state index contributed by atoms with van der Waals surface area (Å²) in [6.45, 7) is 8.46. The van der Waals surface area contributed by atoms with Gasteiger partial charge in [-0.25, -0.2) is 4.98 Å². The number of fused-ring (bicyclic) bond motifs is 1. The summed E-state index contributed by atoms with van der Waals surface area (Å²) in [5, 5.41) is 0. The molecule has 1 aromatic carbocycles. The Labute approximate surface area is 125 Å². The Morgan fingerprint density at radius 2 is 1.62 bits per heavy atom. The first kappa shape index (κ1) is 13.6. The minimum atomic E-state index is 1.02. The number of aryl methyl sites for hydroxylation is 4. The number of benzene rings is 1. The molecule has 0 aliphatic heterocycles. The van der Waals surface area contributed by atoms with Crippen molar-refractivity contribution >= 4 is 17.8 Å². The number of nitrogens with zero attached hydrogens (tertiary/aromatic N) is 2. The highest BCUT2D eigenvalue weighted by atomic mass is 15.0. The summed E-state index contributed by atoms with van der Waals surface area (Å²) in [4.78, 5) is 4.68. The Morgan fingerprint density at radius 1 is 0.905 bits per heavy atom. The van der Waals surface area contributed by atoms with E-state index in [0.717, 1.165) is 16.9 Å². The molecule has 0 amide bonds. The molecule has 2 aromatic heterocycles. The van der Waals surface area contributed by atoms with E-state index in [1.165, 1.54) is 22.4 Å². The van der Waals surface area contributed by atoms with Crippen LogP contribution < -0.4 is 0 Å². The van der Waals surface area contributed by atoms with Crippen LogP contribution in [0.5, 0.6) is 0 Å².